The van der Waals surface area contributed by atoms with Crippen LogP contribution in [0.4, 0.5) is 0 Å². The van der Waals surface area contributed by atoms with Crippen LogP contribution in [0.2, 0.25) is 0 Å². The van der Waals surface area contributed by atoms with Crippen LogP contribution in [0.3, 0.4) is 0 Å². The normalized spacial score (nSPS) is 49.2. The minimum Gasteiger partial charge on any atom is -0.462 e. The molecular weight excluding hydrogens is 825 g/mol. The topological polar surface area (TPSA) is 170 Å². The number of allylic oxidation sites excluding steroid dienone is 2. The van der Waals surface area contributed by atoms with Gasteiger partial charge in [-0.3, -0.25) is 4.79 Å². The van der Waals surface area contributed by atoms with E-state index in [9.17, 15) is 20.1 Å². The van der Waals surface area contributed by atoms with Gasteiger partial charge in [0.05, 0.1) is 49.3 Å². The van der Waals surface area contributed by atoms with E-state index in [0.717, 1.165) is 18.4 Å². The molecular formula is C50H74O14. The fraction of sp³-hybridized carbons (Fsp3) is 0.780. The van der Waals surface area contributed by atoms with Crippen LogP contribution in [0, 0.1) is 23.7 Å². The highest BCUT2D eigenvalue weighted by atomic mass is 16.7. The summed E-state index contributed by atoms with van der Waals surface area (Å²) in [5, 5.41) is 34.3. The van der Waals surface area contributed by atoms with Gasteiger partial charge >= 0.3 is 5.97 Å². The van der Waals surface area contributed by atoms with Gasteiger partial charge in [-0.25, -0.2) is 0 Å². The van der Waals surface area contributed by atoms with Crippen molar-refractivity contribution in [2.24, 2.45) is 23.7 Å². The molecule has 2 unspecified atom stereocenters. The molecule has 8 aliphatic rings. The van der Waals surface area contributed by atoms with E-state index >= 15 is 0 Å². The molecule has 358 valence electrons. The average Bonchev–Trinajstić information content (AvgIpc) is 3.62. The molecule has 0 radical (unpaired) electrons. The molecule has 0 aromatic carbocycles. The molecule has 19 atom stereocenters. The van der Waals surface area contributed by atoms with Crippen LogP contribution >= 0.6 is 0 Å². The van der Waals surface area contributed by atoms with Gasteiger partial charge in [0.25, 0.3) is 0 Å². The monoisotopic (exact) mass is 899 g/mol. The molecule has 14 heteroatoms. The van der Waals surface area contributed by atoms with Gasteiger partial charge in [-0.15, -0.1) is 0 Å². The Morgan fingerprint density at radius 2 is 1.53 bits per heavy atom. The predicted molar refractivity (Wildman–Crippen MR) is 234 cm³/mol. The predicted octanol–water partition coefficient (Wildman–Crippen LogP) is 5.91. The molecule has 1 spiro atoms. The number of hydrogen-bond donors (Lipinski definition) is 3. The molecule has 8 rings (SSSR count). The second-order valence-corrected chi connectivity index (χ2v) is 20.0. The van der Waals surface area contributed by atoms with E-state index in [-0.39, 0.29) is 36.8 Å². The van der Waals surface area contributed by atoms with Gasteiger partial charge in [-0.2, -0.15) is 0 Å². The Labute approximate surface area is 379 Å². The molecule has 3 N–H and O–H groups in total. The smallest absolute Gasteiger partial charge is 0.316 e. The third-order valence-electron chi connectivity index (χ3n) is 15.4. The lowest BCUT2D eigenvalue weighted by Gasteiger charge is -2.49. The number of aliphatic hydroxyl groups is 3. The zero-order valence-corrected chi connectivity index (χ0v) is 39.0. The zero-order valence-electron chi connectivity index (χ0n) is 39.0. The molecule has 64 heavy (non-hydrogen) atoms. The summed E-state index contributed by atoms with van der Waals surface area (Å²) in [6, 6.07) is 0. The van der Waals surface area contributed by atoms with Crippen molar-refractivity contribution in [1.82, 2.24) is 0 Å². The summed E-state index contributed by atoms with van der Waals surface area (Å²) in [5.74, 6) is -2.32. The van der Waals surface area contributed by atoms with Crippen LogP contribution in [0.25, 0.3) is 0 Å². The van der Waals surface area contributed by atoms with Crippen LogP contribution in [0.15, 0.2) is 59.3 Å². The second-order valence-electron chi connectivity index (χ2n) is 20.0. The molecule has 2 aliphatic carbocycles. The minimum atomic E-state index is -1.83. The second kappa shape index (κ2) is 20.1. The molecule has 5 fully saturated rings. The number of fused-ring (bicyclic) bond motifs is 2. The Balaban J connectivity index is 1.08. The molecule has 0 aromatic heterocycles. The van der Waals surface area contributed by atoms with Gasteiger partial charge in [0.1, 0.15) is 42.0 Å². The summed E-state index contributed by atoms with van der Waals surface area (Å²) in [4.78, 5) is 14.4. The highest BCUT2D eigenvalue weighted by Gasteiger charge is 2.60. The summed E-state index contributed by atoms with van der Waals surface area (Å²) >= 11 is 0. The van der Waals surface area contributed by atoms with Crippen molar-refractivity contribution in [3.8, 4) is 0 Å². The zero-order chi connectivity index (χ0) is 45.5. The standard InChI is InChI=1S/C50H74O14/c1-27-13-12-16-34-26-57-47-42(51)30(4)21-37(50(34,47)54)48(53)60-36-22-35(63-49(25-36)20-19-29(3)45(64-49)33-14-10-9-11-15-33)18-17-28(2)44(27)61-41-24-39(56-8)46(32(6)59-41)62-40-23-38(55-7)43(52)31(5)58-40/h12-13,16-17,19-21,27,29,31-33,35-47,51-52,54H,9-11,14-15,18,22-26H2,1-8H3/b13-12+,28-17+,34-16+/t27-,29-,31-,32-,35+,36-,37-,38-,39?,40-,41-,42+,43-,44?,45-,46-,47+,49+,50+/m0/s1. The molecule has 0 aromatic rings. The Morgan fingerprint density at radius 3 is 2.28 bits per heavy atom. The summed E-state index contributed by atoms with van der Waals surface area (Å²) in [5.41, 5.74) is 0.166. The van der Waals surface area contributed by atoms with Crippen molar-refractivity contribution in [3.05, 3.63) is 59.3 Å². The summed E-state index contributed by atoms with van der Waals surface area (Å²) < 4.78 is 64.1. The first-order valence-electron chi connectivity index (χ1n) is 24.0. The number of esters is 1. The Hall–Kier alpha value is -2.31. The van der Waals surface area contributed by atoms with Crippen molar-refractivity contribution in [2.45, 2.75) is 203 Å². The quantitative estimate of drug-likeness (QED) is 0.204. The van der Waals surface area contributed by atoms with Crippen LogP contribution in [-0.2, 0) is 52.2 Å². The van der Waals surface area contributed by atoms with Crippen LogP contribution in [0.5, 0.6) is 0 Å². The van der Waals surface area contributed by atoms with E-state index in [4.69, 9.17) is 47.4 Å². The molecule has 6 heterocycles. The number of rotatable bonds is 7. The first-order valence-corrected chi connectivity index (χ1v) is 24.0. The fourth-order valence-corrected chi connectivity index (χ4v) is 11.7. The van der Waals surface area contributed by atoms with Gasteiger partial charge in [0, 0.05) is 51.7 Å². The van der Waals surface area contributed by atoms with Crippen LogP contribution in [0.1, 0.15) is 106 Å². The highest BCUT2D eigenvalue weighted by Crippen LogP contribution is 2.48. The van der Waals surface area contributed by atoms with Gasteiger partial charge in [-0.1, -0.05) is 69.6 Å². The van der Waals surface area contributed by atoms with E-state index < -0.39 is 90.8 Å². The van der Waals surface area contributed by atoms with Crippen molar-refractivity contribution in [3.63, 3.8) is 0 Å². The Bertz CT molecular complexity index is 1790. The van der Waals surface area contributed by atoms with Crippen molar-refractivity contribution in [2.75, 3.05) is 20.8 Å². The molecule has 6 aliphatic heterocycles. The van der Waals surface area contributed by atoms with Gasteiger partial charge in [0.15, 0.2) is 18.4 Å². The lowest BCUT2D eigenvalue weighted by atomic mass is 9.71. The molecule has 14 nitrogen and oxygen atoms in total. The fourth-order valence-electron chi connectivity index (χ4n) is 11.7. The summed E-state index contributed by atoms with van der Waals surface area (Å²) in [7, 11) is 3.23. The number of carbonyl (C=O) groups excluding carboxylic acids is 1. The number of methoxy groups -OCH3 is 2. The van der Waals surface area contributed by atoms with E-state index in [1.54, 1.807) is 40.2 Å². The third kappa shape index (κ3) is 9.82. The largest absolute Gasteiger partial charge is 0.462 e. The maximum Gasteiger partial charge on any atom is 0.316 e. The van der Waals surface area contributed by atoms with E-state index in [2.05, 4.69) is 32.9 Å². The SMILES string of the molecule is COC1C[C@H](OC2/C(C)=C/C[C@@H]3C[C@@H](C[C@]4(C=C[C@H](C)[C@@H](C5CCCCC5)O4)O3)OC(=O)[C@@H]3C=C(C)[C@@H](O)[C@H]4OC/C(=C\C=C\[C@@H]2C)[C@]43O)O[C@@H](C)[C@@H]1O[C@H]1C[C@H](OC)[C@@H](O)[C@H](C)O1. The molecule has 0 amide bonds. The number of carbonyl (C=O) groups is 1. The summed E-state index contributed by atoms with van der Waals surface area (Å²) in [6.45, 7) is 11.9. The number of aliphatic hydroxyl groups excluding tert-OH is 2. The number of ether oxygens (including phenoxy) is 10. The summed E-state index contributed by atoms with van der Waals surface area (Å²) in [6.07, 6.45) is 13.8. The van der Waals surface area contributed by atoms with Crippen LogP contribution < -0.4 is 0 Å². The van der Waals surface area contributed by atoms with Crippen molar-refractivity contribution < 1.29 is 67.5 Å². The van der Waals surface area contributed by atoms with Gasteiger partial charge < -0.3 is 62.7 Å². The van der Waals surface area contributed by atoms with E-state index in [1.165, 1.54) is 19.3 Å². The van der Waals surface area contributed by atoms with Gasteiger partial charge in [-0.05, 0) is 75.7 Å². The molecule has 4 saturated heterocycles. The Morgan fingerprint density at radius 1 is 0.812 bits per heavy atom. The van der Waals surface area contributed by atoms with Gasteiger partial charge in [0.2, 0.25) is 0 Å². The van der Waals surface area contributed by atoms with Crippen LogP contribution in [-0.4, -0.2) is 139 Å². The molecule has 2 bridgehead atoms. The lowest BCUT2D eigenvalue weighted by Crippen LogP contribution is -2.58. The number of hydrogen-bond acceptors (Lipinski definition) is 14. The lowest BCUT2D eigenvalue weighted by molar-refractivity contribution is -0.318. The Kier molecular flexibility index (Phi) is 15.1. The maximum atomic E-state index is 14.4. The van der Waals surface area contributed by atoms with Crippen molar-refractivity contribution >= 4 is 5.97 Å². The van der Waals surface area contributed by atoms with E-state index in [0.29, 0.717) is 49.2 Å². The molecule has 1 saturated carbocycles. The first kappa shape index (κ1) is 48.2. The highest BCUT2D eigenvalue weighted by molar-refractivity contribution is 5.78. The third-order valence-corrected chi connectivity index (χ3v) is 15.4. The maximum absolute atomic E-state index is 14.4. The first-order chi connectivity index (χ1) is 30.6. The minimum absolute atomic E-state index is 0.0242. The average molecular weight is 899 g/mol. The van der Waals surface area contributed by atoms with E-state index in [1.807, 2.05) is 25.2 Å². The van der Waals surface area contributed by atoms with Crippen molar-refractivity contribution in [1.29, 1.82) is 0 Å².